The predicted octanol–water partition coefficient (Wildman–Crippen LogP) is 5.43. The second kappa shape index (κ2) is 8.29. The zero-order chi connectivity index (χ0) is 21.1. The first kappa shape index (κ1) is 19.5. The highest BCUT2D eigenvalue weighted by Gasteiger charge is 2.18. The minimum atomic E-state index is 0.482. The Bertz CT molecular complexity index is 1190. The molecule has 1 heterocycles. The van der Waals surface area contributed by atoms with Gasteiger partial charge < -0.3 is 20.7 Å². The number of rotatable bonds is 6. The third-order valence-electron chi connectivity index (χ3n) is 5.10. The van der Waals surface area contributed by atoms with E-state index in [1.54, 1.807) is 7.11 Å². The number of nitrogen functional groups attached to an aromatic ring is 1. The van der Waals surface area contributed by atoms with Crippen LogP contribution in [0.1, 0.15) is 12.5 Å². The van der Waals surface area contributed by atoms with Crippen LogP contribution in [0.3, 0.4) is 0 Å². The van der Waals surface area contributed by atoms with Gasteiger partial charge in [0.25, 0.3) is 0 Å². The lowest BCUT2D eigenvalue weighted by Gasteiger charge is -2.25. The maximum atomic E-state index is 6.55. The molecule has 0 saturated carbocycles. The number of nitrogens with one attached hydrogen (secondary N) is 1. The molecule has 0 bridgehead atoms. The summed E-state index contributed by atoms with van der Waals surface area (Å²) in [4.78, 5) is 11.0. The van der Waals surface area contributed by atoms with Gasteiger partial charge in [0, 0.05) is 11.9 Å². The standard InChI is InChI=1S/C24H25N5O/c1-4-29(20-11-7-9-17-8-5-6-10-18(17)20)24-22(25)23(26-15-27-24)28-19-14-16(2)12-13-21(19)30-3/h5-15H,4,25H2,1-3H3,(H,26,27,28). The van der Waals surface area contributed by atoms with Crippen LogP contribution in [0.15, 0.2) is 67.0 Å². The van der Waals surface area contributed by atoms with E-state index < -0.39 is 0 Å². The van der Waals surface area contributed by atoms with E-state index in [4.69, 9.17) is 10.5 Å². The number of fused-ring (bicyclic) bond motifs is 1. The number of methoxy groups -OCH3 is 1. The van der Waals surface area contributed by atoms with Crippen molar-refractivity contribution < 1.29 is 4.74 Å². The Morgan fingerprint density at radius 1 is 1.03 bits per heavy atom. The van der Waals surface area contributed by atoms with Gasteiger partial charge in [-0.05, 0) is 43.0 Å². The number of benzene rings is 3. The minimum absolute atomic E-state index is 0.482. The average Bonchev–Trinajstić information content (AvgIpc) is 2.77. The molecule has 3 aromatic carbocycles. The number of ether oxygens (including phenoxy) is 1. The zero-order valence-corrected chi connectivity index (χ0v) is 17.4. The lowest BCUT2D eigenvalue weighted by molar-refractivity contribution is 0.416. The summed E-state index contributed by atoms with van der Waals surface area (Å²) in [5, 5.41) is 5.63. The van der Waals surface area contributed by atoms with Crippen LogP contribution in [0, 0.1) is 6.92 Å². The molecule has 4 aromatic rings. The second-order valence-electron chi connectivity index (χ2n) is 7.03. The molecule has 6 nitrogen and oxygen atoms in total. The Balaban J connectivity index is 1.78. The number of aromatic nitrogens is 2. The number of anilines is 5. The van der Waals surface area contributed by atoms with Crippen molar-refractivity contribution in [2.24, 2.45) is 0 Å². The molecule has 4 rings (SSSR count). The predicted molar refractivity (Wildman–Crippen MR) is 124 cm³/mol. The van der Waals surface area contributed by atoms with Gasteiger partial charge >= 0.3 is 0 Å². The largest absolute Gasteiger partial charge is 0.495 e. The summed E-state index contributed by atoms with van der Waals surface area (Å²) in [5.74, 6) is 1.93. The van der Waals surface area contributed by atoms with E-state index in [1.807, 2.05) is 37.3 Å². The molecule has 0 aliphatic carbocycles. The number of nitrogens with zero attached hydrogens (tertiary/aromatic N) is 3. The summed E-state index contributed by atoms with van der Waals surface area (Å²) < 4.78 is 5.47. The monoisotopic (exact) mass is 399 g/mol. The van der Waals surface area contributed by atoms with Crippen LogP contribution in [0.4, 0.5) is 28.7 Å². The highest BCUT2D eigenvalue weighted by atomic mass is 16.5. The Kier molecular flexibility index (Phi) is 5.39. The molecule has 0 aliphatic heterocycles. The molecule has 0 unspecified atom stereocenters. The van der Waals surface area contributed by atoms with Gasteiger partial charge in [-0.25, -0.2) is 9.97 Å². The molecule has 0 aliphatic rings. The molecule has 1 aromatic heterocycles. The van der Waals surface area contributed by atoms with E-state index in [1.165, 1.54) is 11.7 Å². The average molecular weight is 399 g/mol. The van der Waals surface area contributed by atoms with Crippen LogP contribution in [-0.2, 0) is 0 Å². The van der Waals surface area contributed by atoms with E-state index in [0.717, 1.165) is 28.1 Å². The summed E-state index contributed by atoms with van der Waals surface area (Å²) in [6.45, 7) is 4.82. The molecular formula is C24H25N5O. The van der Waals surface area contributed by atoms with E-state index in [9.17, 15) is 0 Å². The molecule has 0 fully saturated rings. The normalized spacial score (nSPS) is 10.8. The number of hydrogen-bond donors (Lipinski definition) is 2. The van der Waals surface area contributed by atoms with E-state index >= 15 is 0 Å². The van der Waals surface area contributed by atoms with E-state index in [2.05, 4.69) is 57.4 Å². The molecule has 30 heavy (non-hydrogen) atoms. The van der Waals surface area contributed by atoms with Crippen molar-refractivity contribution in [3.63, 3.8) is 0 Å². The minimum Gasteiger partial charge on any atom is -0.495 e. The fourth-order valence-corrected chi connectivity index (χ4v) is 3.63. The molecule has 3 N–H and O–H groups in total. The third-order valence-corrected chi connectivity index (χ3v) is 5.10. The fraction of sp³-hybridized carbons (Fsp3) is 0.167. The van der Waals surface area contributed by atoms with Crippen molar-refractivity contribution in [3.05, 3.63) is 72.6 Å². The molecule has 0 saturated heterocycles. The molecule has 0 radical (unpaired) electrons. The lowest BCUT2D eigenvalue weighted by atomic mass is 10.1. The maximum absolute atomic E-state index is 6.55. The number of hydrogen-bond acceptors (Lipinski definition) is 6. The molecular weight excluding hydrogens is 374 g/mol. The lowest BCUT2D eigenvalue weighted by Crippen LogP contribution is -2.20. The topological polar surface area (TPSA) is 76.3 Å². The Labute approximate surface area is 176 Å². The van der Waals surface area contributed by atoms with Crippen molar-refractivity contribution in [2.75, 3.05) is 29.6 Å². The molecule has 0 amide bonds. The van der Waals surface area contributed by atoms with Crippen molar-refractivity contribution in [3.8, 4) is 5.75 Å². The zero-order valence-electron chi connectivity index (χ0n) is 17.4. The maximum Gasteiger partial charge on any atom is 0.161 e. The second-order valence-corrected chi connectivity index (χ2v) is 7.03. The van der Waals surface area contributed by atoms with E-state index in [-0.39, 0.29) is 0 Å². The first-order valence-electron chi connectivity index (χ1n) is 9.89. The van der Waals surface area contributed by atoms with Gasteiger partial charge in [0.2, 0.25) is 0 Å². The highest BCUT2D eigenvalue weighted by Crippen LogP contribution is 2.37. The summed E-state index contributed by atoms with van der Waals surface area (Å²) in [6, 6.07) is 20.5. The fourth-order valence-electron chi connectivity index (χ4n) is 3.63. The van der Waals surface area contributed by atoms with Gasteiger partial charge in [0.05, 0.1) is 18.5 Å². The first-order chi connectivity index (χ1) is 14.6. The van der Waals surface area contributed by atoms with Crippen molar-refractivity contribution in [2.45, 2.75) is 13.8 Å². The van der Waals surface area contributed by atoms with Crippen molar-refractivity contribution >= 4 is 39.5 Å². The summed E-state index contributed by atoms with van der Waals surface area (Å²) in [7, 11) is 1.64. The number of nitrogens with two attached hydrogens (primary N) is 1. The van der Waals surface area contributed by atoms with Crippen molar-refractivity contribution in [1.82, 2.24) is 9.97 Å². The van der Waals surface area contributed by atoms with Gasteiger partial charge in [0.1, 0.15) is 17.8 Å². The van der Waals surface area contributed by atoms with Crippen LogP contribution in [0.25, 0.3) is 10.8 Å². The molecule has 6 heteroatoms. The van der Waals surface area contributed by atoms with Crippen LogP contribution in [0.5, 0.6) is 5.75 Å². The summed E-state index contributed by atoms with van der Waals surface area (Å²) in [6.07, 6.45) is 1.53. The smallest absolute Gasteiger partial charge is 0.161 e. The quantitative estimate of drug-likeness (QED) is 0.450. The third kappa shape index (κ3) is 3.59. The summed E-state index contributed by atoms with van der Waals surface area (Å²) >= 11 is 0. The Hall–Kier alpha value is -3.80. The van der Waals surface area contributed by atoms with Gasteiger partial charge in [0.15, 0.2) is 11.6 Å². The van der Waals surface area contributed by atoms with Crippen LogP contribution in [0.2, 0.25) is 0 Å². The Morgan fingerprint density at radius 3 is 2.63 bits per heavy atom. The molecule has 0 atom stereocenters. The van der Waals surface area contributed by atoms with E-state index in [0.29, 0.717) is 23.9 Å². The molecule has 0 spiro atoms. The highest BCUT2D eigenvalue weighted by molar-refractivity contribution is 5.97. The van der Waals surface area contributed by atoms with Gasteiger partial charge in [-0.2, -0.15) is 0 Å². The molecule has 152 valence electrons. The van der Waals surface area contributed by atoms with Crippen molar-refractivity contribution in [1.29, 1.82) is 0 Å². The van der Waals surface area contributed by atoms with Crippen LogP contribution in [-0.4, -0.2) is 23.6 Å². The Morgan fingerprint density at radius 2 is 1.83 bits per heavy atom. The summed E-state index contributed by atoms with van der Waals surface area (Å²) in [5.41, 5.74) is 10.0. The van der Waals surface area contributed by atoms with Gasteiger partial charge in [-0.15, -0.1) is 0 Å². The van der Waals surface area contributed by atoms with Gasteiger partial charge in [-0.1, -0.05) is 42.5 Å². The number of aryl methyl sites for hydroxylation is 1. The van der Waals surface area contributed by atoms with Gasteiger partial charge in [-0.3, -0.25) is 0 Å². The SMILES string of the molecule is CCN(c1ncnc(Nc2cc(C)ccc2OC)c1N)c1cccc2ccccc12. The first-order valence-corrected chi connectivity index (χ1v) is 9.89. The van der Waals surface area contributed by atoms with Crippen LogP contribution < -0.4 is 20.7 Å². The van der Waals surface area contributed by atoms with Crippen LogP contribution >= 0.6 is 0 Å².